The molecule has 2 rings (SSSR count). The van der Waals surface area contributed by atoms with Gasteiger partial charge in [-0.25, -0.2) is 4.79 Å². The molecule has 0 unspecified atom stereocenters. The zero-order valence-electron chi connectivity index (χ0n) is 12.1. The van der Waals surface area contributed by atoms with Crippen molar-refractivity contribution >= 4 is 6.09 Å². The summed E-state index contributed by atoms with van der Waals surface area (Å²) >= 11 is 0. The van der Waals surface area contributed by atoms with Crippen molar-refractivity contribution in [3.05, 3.63) is 30.1 Å². The summed E-state index contributed by atoms with van der Waals surface area (Å²) in [5.74, 6) is 0. The summed E-state index contributed by atoms with van der Waals surface area (Å²) in [5, 5.41) is 0. The number of hydrogen-bond acceptors (Lipinski definition) is 4. The van der Waals surface area contributed by atoms with E-state index in [-0.39, 0.29) is 6.09 Å². The standard InChI is InChI=1S/C15H23N3O2/c1-2-20-15(19)18-11-9-17(10-12-18)8-4-6-14-5-3-7-16-13-14/h3,5,7,13H,2,4,6,8-12H2,1H3. The van der Waals surface area contributed by atoms with E-state index in [4.69, 9.17) is 4.74 Å². The average Bonchev–Trinajstić information content (AvgIpc) is 2.49. The molecule has 0 bridgehead atoms. The van der Waals surface area contributed by atoms with Gasteiger partial charge in [0.05, 0.1) is 6.61 Å². The second kappa shape index (κ2) is 7.85. The maximum atomic E-state index is 11.6. The average molecular weight is 277 g/mol. The number of nitrogens with zero attached hydrogens (tertiary/aromatic N) is 3. The van der Waals surface area contributed by atoms with Gasteiger partial charge in [-0.05, 0) is 37.9 Å². The van der Waals surface area contributed by atoms with Crippen LogP contribution in [0.5, 0.6) is 0 Å². The van der Waals surface area contributed by atoms with E-state index in [1.165, 1.54) is 5.56 Å². The van der Waals surface area contributed by atoms with Gasteiger partial charge in [0.1, 0.15) is 0 Å². The summed E-state index contributed by atoms with van der Waals surface area (Å²) in [6.07, 6.45) is 5.75. The van der Waals surface area contributed by atoms with E-state index in [1.54, 1.807) is 11.1 Å². The molecule has 0 radical (unpaired) electrons. The Morgan fingerprint density at radius 3 is 2.80 bits per heavy atom. The molecule has 2 heterocycles. The van der Waals surface area contributed by atoms with Crippen LogP contribution in [0.3, 0.4) is 0 Å². The van der Waals surface area contributed by atoms with Crippen molar-refractivity contribution in [2.75, 3.05) is 39.3 Å². The fourth-order valence-corrected chi connectivity index (χ4v) is 2.42. The van der Waals surface area contributed by atoms with Crippen molar-refractivity contribution in [3.8, 4) is 0 Å². The monoisotopic (exact) mass is 277 g/mol. The van der Waals surface area contributed by atoms with Crippen LogP contribution in [0.4, 0.5) is 4.79 Å². The summed E-state index contributed by atoms with van der Waals surface area (Å²) in [4.78, 5) is 19.9. The molecule has 1 aromatic rings. The van der Waals surface area contributed by atoms with Gasteiger partial charge in [0.2, 0.25) is 0 Å². The van der Waals surface area contributed by atoms with Gasteiger partial charge >= 0.3 is 6.09 Å². The Bertz CT molecular complexity index is 403. The van der Waals surface area contributed by atoms with Gasteiger partial charge in [0.15, 0.2) is 0 Å². The molecule has 0 saturated carbocycles. The molecule has 0 N–H and O–H groups in total. The third kappa shape index (κ3) is 4.49. The van der Waals surface area contributed by atoms with Crippen LogP contribution in [-0.2, 0) is 11.2 Å². The summed E-state index contributed by atoms with van der Waals surface area (Å²) in [6, 6.07) is 4.10. The Morgan fingerprint density at radius 2 is 2.15 bits per heavy atom. The third-order valence-electron chi connectivity index (χ3n) is 3.56. The van der Waals surface area contributed by atoms with Crippen LogP contribution >= 0.6 is 0 Å². The predicted octanol–water partition coefficient (Wildman–Crippen LogP) is 1.79. The van der Waals surface area contributed by atoms with Gasteiger partial charge < -0.3 is 9.64 Å². The topological polar surface area (TPSA) is 45.7 Å². The third-order valence-corrected chi connectivity index (χ3v) is 3.56. The maximum absolute atomic E-state index is 11.6. The molecule has 5 nitrogen and oxygen atoms in total. The minimum atomic E-state index is -0.178. The lowest BCUT2D eigenvalue weighted by molar-refractivity contribution is 0.0794. The molecule has 0 spiro atoms. The van der Waals surface area contributed by atoms with Crippen molar-refractivity contribution in [3.63, 3.8) is 0 Å². The molecule has 1 aliphatic heterocycles. The number of aryl methyl sites for hydroxylation is 1. The second-order valence-electron chi connectivity index (χ2n) is 4.99. The molecule has 1 fully saturated rings. The van der Waals surface area contributed by atoms with Crippen molar-refractivity contribution in [1.82, 2.24) is 14.8 Å². The zero-order chi connectivity index (χ0) is 14.2. The summed E-state index contributed by atoms with van der Waals surface area (Å²) in [6.45, 7) is 6.78. The van der Waals surface area contributed by atoms with Crippen LogP contribution in [0.25, 0.3) is 0 Å². The maximum Gasteiger partial charge on any atom is 0.409 e. The molecule has 20 heavy (non-hydrogen) atoms. The Labute approximate surface area is 120 Å². The van der Waals surface area contributed by atoms with Gasteiger partial charge in [0, 0.05) is 38.6 Å². The van der Waals surface area contributed by atoms with Crippen molar-refractivity contribution < 1.29 is 9.53 Å². The number of ether oxygens (including phenoxy) is 1. The number of piperazine rings is 1. The fraction of sp³-hybridized carbons (Fsp3) is 0.600. The van der Waals surface area contributed by atoms with Gasteiger partial charge in [-0.2, -0.15) is 0 Å². The lowest BCUT2D eigenvalue weighted by atomic mass is 10.1. The highest BCUT2D eigenvalue weighted by atomic mass is 16.6. The first-order valence-corrected chi connectivity index (χ1v) is 7.32. The molecule has 0 atom stereocenters. The van der Waals surface area contributed by atoms with Crippen LogP contribution in [0.2, 0.25) is 0 Å². The fourth-order valence-electron chi connectivity index (χ4n) is 2.42. The minimum absolute atomic E-state index is 0.178. The lowest BCUT2D eigenvalue weighted by Crippen LogP contribution is -2.49. The van der Waals surface area contributed by atoms with E-state index < -0.39 is 0 Å². The summed E-state index contributed by atoms with van der Waals surface area (Å²) in [5.41, 5.74) is 1.29. The molecular weight excluding hydrogens is 254 g/mol. The van der Waals surface area contributed by atoms with E-state index >= 15 is 0 Å². The highest BCUT2D eigenvalue weighted by Gasteiger charge is 2.21. The highest BCUT2D eigenvalue weighted by Crippen LogP contribution is 2.06. The van der Waals surface area contributed by atoms with Crippen LogP contribution < -0.4 is 0 Å². The first-order chi connectivity index (χ1) is 9.79. The normalized spacial score (nSPS) is 16.1. The smallest absolute Gasteiger partial charge is 0.409 e. The molecule has 1 amide bonds. The molecule has 0 aliphatic carbocycles. The van der Waals surface area contributed by atoms with Crippen LogP contribution in [0.1, 0.15) is 18.9 Å². The SMILES string of the molecule is CCOC(=O)N1CCN(CCCc2cccnc2)CC1. The first-order valence-electron chi connectivity index (χ1n) is 7.32. The van der Waals surface area contributed by atoms with Gasteiger partial charge in [-0.1, -0.05) is 6.07 Å². The lowest BCUT2D eigenvalue weighted by Gasteiger charge is -2.33. The second-order valence-corrected chi connectivity index (χ2v) is 4.99. The molecule has 1 aromatic heterocycles. The minimum Gasteiger partial charge on any atom is -0.450 e. The summed E-state index contributed by atoms with van der Waals surface area (Å²) in [7, 11) is 0. The molecule has 110 valence electrons. The number of hydrogen-bond donors (Lipinski definition) is 0. The molecule has 5 heteroatoms. The number of pyridine rings is 1. The molecular formula is C15H23N3O2. The number of amides is 1. The van der Waals surface area contributed by atoms with E-state index in [0.717, 1.165) is 45.6 Å². The van der Waals surface area contributed by atoms with E-state index in [9.17, 15) is 4.79 Å². The van der Waals surface area contributed by atoms with E-state index in [1.807, 2.05) is 19.2 Å². The predicted molar refractivity (Wildman–Crippen MR) is 77.6 cm³/mol. The van der Waals surface area contributed by atoms with Gasteiger partial charge in [-0.15, -0.1) is 0 Å². The van der Waals surface area contributed by atoms with Crippen LogP contribution in [-0.4, -0.2) is 60.2 Å². The van der Waals surface area contributed by atoms with Crippen molar-refractivity contribution in [2.45, 2.75) is 19.8 Å². The molecule has 0 aromatic carbocycles. The number of carbonyl (C=O) groups excluding carboxylic acids is 1. The Hall–Kier alpha value is -1.62. The first kappa shape index (κ1) is 14.8. The Morgan fingerprint density at radius 1 is 1.35 bits per heavy atom. The van der Waals surface area contributed by atoms with Gasteiger partial charge in [0.25, 0.3) is 0 Å². The largest absolute Gasteiger partial charge is 0.450 e. The van der Waals surface area contributed by atoms with Crippen molar-refractivity contribution in [2.24, 2.45) is 0 Å². The van der Waals surface area contributed by atoms with E-state index in [0.29, 0.717) is 6.61 Å². The van der Waals surface area contributed by atoms with Gasteiger partial charge in [-0.3, -0.25) is 9.88 Å². The number of aromatic nitrogens is 1. The number of rotatable bonds is 5. The van der Waals surface area contributed by atoms with Crippen LogP contribution in [0, 0.1) is 0 Å². The molecule has 1 aliphatic rings. The zero-order valence-corrected chi connectivity index (χ0v) is 12.1. The summed E-state index contributed by atoms with van der Waals surface area (Å²) < 4.78 is 5.02. The number of carbonyl (C=O) groups is 1. The Kier molecular flexibility index (Phi) is 5.80. The quantitative estimate of drug-likeness (QED) is 0.823. The van der Waals surface area contributed by atoms with Crippen molar-refractivity contribution in [1.29, 1.82) is 0 Å². The Balaban J connectivity index is 1.63. The van der Waals surface area contributed by atoms with Crippen LogP contribution in [0.15, 0.2) is 24.5 Å². The highest BCUT2D eigenvalue weighted by molar-refractivity contribution is 5.67. The van der Waals surface area contributed by atoms with E-state index in [2.05, 4.69) is 16.0 Å². The molecule has 1 saturated heterocycles.